The van der Waals surface area contributed by atoms with Crippen molar-refractivity contribution in [1.82, 2.24) is 4.98 Å². The summed E-state index contributed by atoms with van der Waals surface area (Å²) in [7, 11) is 13.0. The van der Waals surface area contributed by atoms with Crippen LogP contribution in [0.25, 0.3) is 0 Å². The first-order valence-corrected chi connectivity index (χ1v) is 6.70. The summed E-state index contributed by atoms with van der Waals surface area (Å²) in [5.41, 5.74) is 2.00. The van der Waals surface area contributed by atoms with E-state index in [1.165, 1.54) is 0 Å². The monoisotopic (exact) mass is 275 g/mol. The molecule has 0 atom stereocenters. The van der Waals surface area contributed by atoms with E-state index < -0.39 is 0 Å². The van der Waals surface area contributed by atoms with Crippen molar-refractivity contribution in [3.8, 4) is 0 Å². The molecule has 0 aliphatic carbocycles. The number of rotatable bonds is 2. The Morgan fingerprint density at radius 2 is 1.50 bits per heavy atom. The van der Waals surface area contributed by atoms with Gasteiger partial charge in [-0.2, -0.15) is 0 Å². The van der Waals surface area contributed by atoms with Crippen LogP contribution in [0.4, 0.5) is 0 Å². The maximum atomic E-state index is 4.76. The molecule has 0 aliphatic rings. The Morgan fingerprint density at radius 1 is 1.14 bits per heavy atom. The number of H-pyrrole nitrogens is 1. The average molecular weight is 276 g/mol. The molecular weight excluding hydrogens is 265 g/mol. The molecule has 6 heteroatoms. The second-order valence-electron chi connectivity index (χ2n) is 2.19. The van der Waals surface area contributed by atoms with Gasteiger partial charge in [0.1, 0.15) is 0 Å². The minimum atomic E-state index is 0.194. The van der Waals surface area contributed by atoms with E-state index in [1.54, 1.807) is 26.5 Å². The SMILES string of the molecule is CN=Cc1ccc(C=NC)[nH]1.[Cl][Fe][Cl]. The molecule has 80 valence electrons. The van der Waals surface area contributed by atoms with Crippen molar-refractivity contribution in [1.29, 1.82) is 0 Å². The van der Waals surface area contributed by atoms with Gasteiger partial charge >= 0.3 is 33.3 Å². The molecular formula is C8H11Cl2FeN3. The zero-order valence-electron chi connectivity index (χ0n) is 7.81. The second kappa shape index (κ2) is 9.28. The Kier molecular flexibility index (Phi) is 9.10. The molecule has 0 amide bonds. The quantitative estimate of drug-likeness (QED) is 0.637. The fraction of sp³-hybridized carbons (Fsp3) is 0.250. The number of nitrogens with one attached hydrogen (secondary N) is 1. The molecule has 1 rings (SSSR count). The van der Waals surface area contributed by atoms with Crippen LogP contribution in [0.1, 0.15) is 11.4 Å². The van der Waals surface area contributed by atoms with Crippen LogP contribution in [-0.2, 0) is 13.1 Å². The number of halogens is 2. The number of aromatic amines is 1. The summed E-state index contributed by atoms with van der Waals surface area (Å²) in [6, 6.07) is 3.92. The van der Waals surface area contributed by atoms with E-state index in [-0.39, 0.29) is 13.1 Å². The summed E-state index contributed by atoms with van der Waals surface area (Å²) < 4.78 is 0. The number of hydrogen-bond donors (Lipinski definition) is 1. The average Bonchev–Trinajstić information content (AvgIpc) is 2.55. The Balaban J connectivity index is 0.000000500. The first kappa shape index (κ1) is 13.7. The molecule has 0 aliphatic heterocycles. The van der Waals surface area contributed by atoms with Crippen LogP contribution >= 0.6 is 20.2 Å². The minimum absolute atomic E-state index is 0.194. The summed E-state index contributed by atoms with van der Waals surface area (Å²) in [6.45, 7) is 0. The van der Waals surface area contributed by atoms with Crippen molar-refractivity contribution in [2.24, 2.45) is 9.98 Å². The van der Waals surface area contributed by atoms with E-state index in [2.05, 4.69) is 15.0 Å². The van der Waals surface area contributed by atoms with Gasteiger partial charge in [-0.3, -0.25) is 9.98 Å². The van der Waals surface area contributed by atoms with Crippen LogP contribution in [0.2, 0.25) is 0 Å². The van der Waals surface area contributed by atoms with Crippen LogP contribution in [0, 0.1) is 0 Å². The van der Waals surface area contributed by atoms with E-state index in [9.17, 15) is 0 Å². The van der Waals surface area contributed by atoms with E-state index in [4.69, 9.17) is 20.2 Å². The van der Waals surface area contributed by atoms with Gasteiger partial charge in [0.05, 0.1) is 11.4 Å². The van der Waals surface area contributed by atoms with Crippen molar-refractivity contribution in [2.75, 3.05) is 14.1 Å². The summed E-state index contributed by atoms with van der Waals surface area (Å²) >= 11 is 0.194. The summed E-state index contributed by atoms with van der Waals surface area (Å²) in [6.07, 6.45) is 3.54. The van der Waals surface area contributed by atoms with Gasteiger partial charge in [0.15, 0.2) is 0 Å². The molecule has 0 spiro atoms. The summed E-state index contributed by atoms with van der Waals surface area (Å²) in [5, 5.41) is 0. The second-order valence-corrected chi connectivity index (χ2v) is 4.02. The van der Waals surface area contributed by atoms with Gasteiger partial charge in [-0.15, -0.1) is 0 Å². The van der Waals surface area contributed by atoms with E-state index >= 15 is 0 Å². The maximum absolute atomic E-state index is 4.76. The van der Waals surface area contributed by atoms with Crippen LogP contribution in [0.5, 0.6) is 0 Å². The van der Waals surface area contributed by atoms with Crippen molar-refractivity contribution in [2.45, 2.75) is 0 Å². The summed E-state index contributed by atoms with van der Waals surface area (Å²) in [4.78, 5) is 10.9. The zero-order valence-corrected chi connectivity index (χ0v) is 10.4. The van der Waals surface area contributed by atoms with Gasteiger partial charge in [-0.1, -0.05) is 0 Å². The van der Waals surface area contributed by atoms with Gasteiger partial charge in [-0.25, -0.2) is 0 Å². The Bertz CT molecular complexity index is 270. The summed E-state index contributed by atoms with van der Waals surface area (Å²) in [5.74, 6) is 0. The molecule has 0 saturated carbocycles. The van der Waals surface area contributed by atoms with Crippen molar-refractivity contribution < 1.29 is 13.1 Å². The van der Waals surface area contributed by atoms with Gasteiger partial charge in [0.2, 0.25) is 0 Å². The molecule has 14 heavy (non-hydrogen) atoms. The van der Waals surface area contributed by atoms with Crippen LogP contribution in [-0.4, -0.2) is 31.5 Å². The predicted octanol–water partition coefficient (Wildman–Crippen LogP) is 2.49. The molecule has 3 nitrogen and oxygen atoms in total. The first-order valence-electron chi connectivity index (χ1n) is 3.67. The van der Waals surface area contributed by atoms with Crippen molar-refractivity contribution in [3.63, 3.8) is 0 Å². The topological polar surface area (TPSA) is 40.5 Å². The molecule has 0 unspecified atom stereocenters. The molecule has 1 aromatic heterocycles. The number of aromatic nitrogens is 1. The van der Waals surface area contributed by atoms with Crippen LogP contribution in [0.3, 0.4) is 0 Å². The van der Waals surface area contributed by atoms with Crippen LogP contribution < -0.4 is 0 Å². The van der Waals surface area contributed by atoms with Gasteiger partial charge in [-0.05, 0) is 12.1 Å². The van der Waals surface area contributed by atoms with Gasteiger partial charge < -0.3 is 4.98 Å². The van der Waals surface area contributed by atoms with E-state index in [0.717, 1.165) is 11.4 Å². The third kappa shape index (κ3) is 6.22. The molecule has 1 aromatic rings. The molecule has 1 heterocycles. The molecule has 0 saturated heterocycles. The molecule has 0 aromatic carbocycles. The number of aliphatic imine (C=N–C) groups is 2. The third-order valence-corrected chi connectivity index (χ3v) is 1.27. The third-order valence-electron chi connectivity index (χ3n) is 1.27. The first-order chi connectivity index (χ1) is 6.78. The van der Waals surface area contributed by atoms with E-state index in [1.807, 2.05) is 12.1 Å². The van der Waals surface area contributed by atoms with Crippen molar-refractivity contribution >= 4 is 32.6 Å². The molecule has 0 fully saturated rings. The molecule has 1 N–H and O–H groups in total. The van der Waals surface area contributed by atoms with Crippen LogP contribution in [0.15, 0.2) is 22.1 Å². The van der Waals surface area contributed by atoms with Gasteiger partial charge in [0, 0.05) is 26.5 Å². The Morgan fingerprint density at radius 3 is 1.79 bits per heavy atom. The fourth-order valence-electron chi connectivity index (χ4n) is 0.858. The predicted molar refractivity (Wildman–Crippen MR) is 59.5 cm³/mol. The standard InChI is InChI=1S/C8H11N3.2ClH.Fe/c1-9-5-7-3-4-8(11-7)6-10-2;;;/h3-6,11H,1-2H3;2*1H;/q;;;+2/p-2. The molecule has 0 radical (unpaired) electrons. The van der Waals surface area contributed by atoms with Crippen molar-refractivity contribution in [3.05, 3.63) is 23.5 Å². The number of nitrogens with zero attached hydrogens (tertiary/aromatic N) is 2. The fourth-order valence-corrected chi connectivity index (χ4v) is 0.858. The Labute approximate surface area is 98.2 Å². The number of hydrogen-bond acceptors (Lipinski definition) is 2. The molecule has 0 bridgehead atoms. The Hall–Kier alpha value is -0.281. The van der Waals surface area contributed by atoms with Gasteiger partial charge in [0.25, 0.3) is 0 Å². The normalized spacial score (nSPS) is 10.9. The zero-order chi connectivity index (χ0) is 10.8. The van der Waals surface area contributed by atoms with E-state index in [0.29, 0.717) is 0 Å².